The summed E-state index contributed by atoms with van der Waals surface area (Å²) < 4.78 is 16.4. The zero-order chi connectivity index (χ0) is 15.2. The van der Waals surface area contributed by atoms with Crippen LogP contribution in [0.3, 0.4) is 0 Å². The summed E-state index contributed by atoms with van der Waals surface area (Å²) in [6, 6.07) is 0. The van der Waals surface area contributed by atoms with E-state index in [4.69, 9.17) is 14.2 Å². The Balaban J connectivity index is 2.45. The van der Waals surface area contributed by atoms with Gasteiger partial charge >= 0.3 is 6.16 Å². The first-order chi connectivity index (χ1) is 9.31. The van der Waals surface area contributed by atoms with Gasteiger partial charge in [-0.25, -0.2) is 4.79 Å². The molecule has 0 radical (unpaired) electrons. The number of carbonyl (C=O) groups is 1. The monoisotopic (exact) mass is 284 g/mol. The number of rotatable bonds is 5. The summed E-state index contributed by atoms with van der Waals surface area (Å²) in [5, 5.41) is 0. The summed E-state index contributed by atoms with van der Waals surface area (Å²) in [6.07, 6.45) is 7.18. The fourth-order valence-electron chi connectivity index (χ4n) is 2.24. The normalized spacial score (nSPS) is 26.9. The molecule has 116 valence electrons. The molecule has 1 aliphatic heterocycles. The average molecular weight is 284 g/mol. The van der Waals surface area contributed by atoms with E-state index in [1.807, 2.05) is 27.7 Å². The van der Waals surface area contributed by atoms with Crippen LogP contribution in [0.2, 0.25) is 0 Å². The van der Waals surface area contributed by atoms with Crippen LogP contribution in [0.4, 0.5) is 4.79 Å². The number of hydrogen-bond acceptors (Lipinski definition) is 4. The van der Waals surface area contributed by atoms with Crippen molar-refractivity contribution in [3.05, 3.63) is 12.2 Å². The maximum Gasteiger partial charge on any atom is 0.509 e. The fraction of sp³-hybridized carbons (Fsp3) is 0.812. The molecule has 4 nitrogen and oxygen atoms in total. The van der Waals surface area contributed by atoms with Gasteiger partial charge in [0, 0.05) is 6.42 Å². The van der Waals surface area contributed by atoms with Crippen molar-refractivity contribution in [2.24, 2.45) is 0 Å². The highest BCUT2D eigenvalue weighted by atomic mass is 16.7. The van der Waals surface area contributed by atoms with Crippen LogP contribution in [-0.2, 0) is 14.2 Å². The minimum atomic E-state index is -0.602. The van der Waals surface area contributed by atoms with Gasteiger partial charge in [0.05, 0.1) is 12.2 Å². The van der Waals surface area contributed by atoms with E-state index in [9.17, 15) is 4.79 Å². The number of hydrogen-bond donors (Lipinski definition) is 0. The van der Waals surface area contributed by atoms with E-state index in [0.29, 0.717) is 0 Å². The lowest BCUT2D eigenvalue weighted by Crippen LogP contribution is -2.31. The molecule has 0 aromatic heterocycles. The highest BCUT2D eigenvalue weighted by Crippen LogP contribution is 2.27. The highest BCUT2D eigenvalue weighted by Gasteiger charge is 2.36. The lowest BCUT2D eigenvalue weighted by Gasteiger charge is -2.22. The van der Waals surface area contributed by atoms with Crippen LogP contribution in [0.1, 0.15) is 60.3 Å². The van der Waals surface area contributed by atoms with Gasteiger partial charge in [-0.3, -0.25) is 0 Å². The molecule has 1 saturated heterocycles. The molecule has 1 fully saturated rings. The molecule has 0 N–H and O–H groups in total. The van der Waals surface area contributed by atoms with E-state index in [-0.39, 0.29) is 18.3 Å². The molecule has 1 aliphatic rings. The van der Waals surface area contributed by atoms with Crippen molar-refractivity contribution in [3.8, 4) is 0 Å². The molecule has 1 rings (SSSR count). The molecule has 0 aromatic carbocycles. The molecule has 0 amide bonds. The lowest BCUT2D eigenvalue weighted by atomic mass is 10.1. The van der Waals surface area contributed by atoms with E-state index in [0.717, 1.165) is 25.7 Å². The lowest BCUT2D eigenvalue weighted by molar-refractivity contribution is -0.0484. The predicted molar refractivity (Wildman–Crippen MR) is 78.7 cm³/mol. The van der Waals surface area contributed by atoms with Gasteiger partial charge in [-0.15, -0.1) is 0 Å². The van der Waals surface area contributed by atoms with E-state index in [2.05, 4.69) is 19.1 Å². The second-order valence-electron chi connectivity index (χ2n) is 6.30. The Morgan fingerprint density at radius 2 is 2.05 bits per heavy atom. The first-order valence-corrected chi connectivity index (χ1v) is 7.52. The van der Waals surface area contributed by atoms with E-state index in [1.165, 1.54) is 0 Å². The third-order valence-corrected chi connectivity index (χ3v) is 3.04. The number of allylic oxidation sites excluding steroid dienone is 2. The molecule has 3 atom stereocenters. The maximum atomic E-state index is 11.7. The van der Waals surface area contributed by atoms with Gasteiger partial charge in [-0.1, -0.05) is 19.1 Å². The predicted octanol–water partition coefficient (Wildman–Crippen LogP) is 4.23. The first kappa shape index (κ1) is 17.0. The molecule has 0 unspecified atom stereocenters. The second kappa shape index (κ2) is 7.67. The van der Waals surface area contributed by atoms with Gasteiger partial charge in [-0.2, -0.15) is 0 Å². The minimum absolute atomic E-state index is 0.0287. The van der Waals surface area contributed by atoms with Crippen LogP contribution in [-0.4, -0.2) is 30.1 Å². The van der Waals surface area contributed by atoms with Gasteiger partial charge in [0.1, 0.15) is 11.7 Å². The third-order valence-electron chi connectivity index (χ3n) is 3.04. The Bertz CT molecular complexity index is 330. The van der Waals surface area contributed by atoms with Crippen molar-refractivity contribution in [3.63, 3.8) is 0 Å². The molecular formula is C16H28O4. The van der Waals surface area contributed by atoms with Crippen molar-refractivity contribution < 1.29 is 19.0 Å². The Labute approximate surface area is 122 Å². The van der Waals surface area contributed by atoms with Crippen LogP contribution in [0.25, 0.3) is 0 Å². The summed E-state index contributed by atoms with van der Waals surface area (Å²) in [4.78, 5) is 11.7. The van der Waals surface area contributed by atoms with Crippen molar-refractivity contribution in [1.29, 1.82) is 0 Å². The van der Waals surface area contributed by atoms with E-state index in [1.54, 1.807) is 0 Å². The Hall–Kier alpha value is -1.03. The standard InChI is InChI=1S/C16H28O4/c1-6-7-8-9-10-13-14(11-12(2)18-13)19-15(17)20-16(3,4)5/h7-8,12-14H,6,9-11H2,1-5H3/b8-7+/t12-,13-,14-/m0/s1. The molecule has 0 bridgehead atoms. The highest BCUT2D eigenvalue weighted by molar-refractivity contribution is 5.60. The van der Waals surface area contributed by atoms with Gasteiger partial charge in [0.25, 0.3) is 0 Å². The Morgan fingerprint density at radius 3 is 2.65 bits per heavy atom. The quantitative estimate of drug-likeness (QED) is 0.560. The molecule has 4 heteroatoms. The largest absolute Gasteiger partial charge is 0.509 e. The summed E-state index contributed by atoms with van der Waals surface area (Å²) in [5.41, 5.74) is -0.526. The van der Waals surface area contributed by atoms with E-state index < -0.39 is 11.8 Å². The van der Waals surface area contributed by atoms with Gasteiger partial charge < -0.3 is 14.2 Å². The summed E-state index contributed by atoms with van der Waals surface area (Å²) >= 11 is 0. The molecule has 20 heavy (non-hydrogen) atoms. The van der Waals surface area contributed by atoms with E-state index >= 15 is 0 Å². The second-order valence-corrected chi connectivity index (χ2v) is 6.30. The molecule has 0 spiro atoms. The summed E-state index contributed by atoms with van der Waals surface area (Å²) in [7, 11) is 0. The zero-order valence-electron chi connectivity index (χ0n) is 13.3. The van der Waals surface area contributed by atoms with Gasteiger partial charge in [-0.05, 0) is 47.0 Å². The van der Waals surface area contributed by atoms with Crippen LogP contribution in [0, 0.1) is 0 Å². The third kappa shape index (κ3) is 6.42. The van der Waals surface area contributed by atoms with Crippen molar-refractivity contribution in [2.45, 2.75) is 84.2 Å². The molecular weight excluding hydrogens is 256 g/mol. The maximum absolute atomic E-state index is 11.7. The SMILES string of the molecule is CC/C=C/CC[C@@H]1O[C@@H](C)C[C@@H]1OC(=O)OC(C)(C)C. The Morgan fingerprint density at radius 1 is 1.35 bits per heavy atom. The molecule has 0 aliphatic carbocycles. The van der Waals surface area contributed by atoms with Crippen LogP contribution >= 0.6 is 0 Å². The average Bonchev–Trinajstić information content (AvgIpc) is 2.62. The molecule has 1 heterocycles. The molecule has 0 saturated carbocycles. The first-order valence-electron chi connectivity index (χ1n) is 7.52. The minimum Gasteiger partial charge on any atom is -0.429 e. The Kier molecular flexibility index (Phi) is 6.53. The summed E-state index contributed by atoms with van der Waals surface area (Å²) in [5.74, 6) is 0. The zero-order valence-corrected chi connectivity index (χ0v) is 13.3. The van der Waals surface area contributed by atoms with Crippen LogP contribution < -0.4 is 0 Å². The van der Waals surface area contributed by atoms with Crippen molar-refractivity contribution in [1.82, 2.24) is 0 Å². The molecule has 0 aromatic rings. The van der Waals surface area contributed by atoms with Crippen LogP contribution in [0.15, 0.2) is 12.2 Å². The smallest absolute Gasteiger partial charge is 0.429 e. The van der Waals surface area contributed by atoms with Gasteiger partial charge in [0.15, 0.2) is 0 Å². The number of carbonyl (C=O) groups excluding carboxylic acids is 1. The summed E-state index contributed by atoms with van der Waals surface area (Å²) in [6.45, 7) is 9.60. The van der Waals surface area contributed by atoms with Crippen molar-refractivity contribution in [2.75, 3.05) is 0 Å². The fourth-order valence-corrected chi connectivity index (χ4v) is 2.24. The number of ether oxygens (including phenoxy) is 3. The van der Waals surface area contributed by atoms with Gasteiger partial charge in [0.2, 0.25) is 0 Å². The van der Waals surface area contributed by atoms with Crippen molar-refractivity contribution >= 4 is 6.16 Å². The van der Waals surface area contributed by atoms with Crippen LogP contribution in [0.5, 0.6) is 0 Å². The topological polar surface area (TPSA) is 44.8 Å².